The molecule has 0 bridgehead atoms. The first kappa shape index (κ1) is 28.6. The number of carbonyl (C=O) groups excluding carboxylic acids is 1. The number of ether oxygens (including phenoxy) is 3. The molecule has 0 saturated carbocycles. The Morgan fingerprint density at radius 1 is 1.05 bits per heavy atom. The number of carbonyl (C=O) groups is 2. The average molecular weight is 597 g/mol. The summed E-state index contributed by atoms with van der Waals surface area (Å²) in [7, 11) is -4.21. The Kier molecular flexibility index (Phi) is 7.58. The quantitative estimate of drug-likeness (QED) is 0.253. The summed E-state index contributed by atoms with van der Waals surface area (Å²) in [5.74, 6) is -1.75. The van der Waals surface area contributed by atoms with Crippen LogP contribution in [0.4, 0.5) is 10.1 Å². The minimum Gasteiger partial charge on any atom is -0.476 e. The van der Waals surface area contributed by atoms with Crippen molar-refractivity contribution in [3.8, 4) is 28.8 Å². The van der Waals surface area contributed by atoms with Crippen molar-refractivity contribution in [3.05, 3.63) is 83.3 Å². The lowest BCUT2D eigenvalue weighted by Crippen LogP contribution is -2.30. The van der Waals surface area contributed by atoms with Crippen LogP contribution in [-0.2, 0) is 10.0 Å². The van der Waals surface area contributed by atoms with Gasteiger partial charge in [-0.2, -0.15) is 9.78 Å². The van der Waals surface area contributed by atoms with Gasteiger partial charge in [-0.25, -0.2) is 22.3 Å². The van der Waals surface area contributed by atoms with Gasteiger partial charge in [0.1, 0.15) is 16.5 Å². The Balaban J connectivity index is 1.55. The van der Waals surface area contributed by atoms with E-state index < -0.39 is 33.8 Å². The number of rotatable bonds is 9. The van der Waals surface area contributed by atoms with Crippen LogP contribution in [0.3, 0.4) is 0 Å². The van der Waals surface area contributed by atoms with Gasteiger partial charge in [-0.1, -0.05) is 0 Å². The standard InChI is InChI=1S/C28H25FN4O8S/c1-15(2)32-42(37,38)24-13-19(30-26(34)17-4-10-21-23(12-17)40-14-39-21)7-11-22(24)41-27-16(3)25(28(35)36)31-33(27)20-8-5-18(29)6-9-20/h4-13,15,32H,14H2,1-3H3,(H,30,34)(H,35,36). The number of anilines is 1. The third kappa shape index (κ3) is 5.75. The Morgan fingerprint density at radius 3 is 2.45 bits per heavy atom. The molecule has 0 saturated heterocycles. The summed E-state index contributed by atoms with van der Waals surface area (Å²) in [6.07, 6.45) is 0. The van der Waals surface area contributed by atoms with E-state index in [1.54, 1.807) is 19.9 Å². The number of carboxylic acids is 1. The molecule has 42 heavy (non-hydrogen) atoms. The van der Waals surface area contributed by atoms with Crippen molar-refractivity contribution in [2.75, 3.05) is 12.1 Å². The summed E-state index contributed by atoms with van der Waals surface area (Å²) in [5.41, 5.74) is 0.437. The first-order chi connectivity index (χ1) is 19.9. The van der Waals surface area contributed by atoms with Gasteiger partial charge in [-0.05, 0) is 81.4 Å². The molecule has 0 radical (unpaired) electrons. The minimum absolute atomic E-state index is 0.0411. The van der Waals surface area contributed by atoms with Crippen LogP contribution in [0.5, 0.6) is 23.1 Å². The van der Waals surface area contributed by atoms with Gasteiger partial charge < -0.3 is 24.6 Å². The van der Waals surface area contributed by atoms with Gasteiger partial charge in [0.25, 0.3) is 5.91 Å². The number of aromatic nitrogens is 2. The topological polar surface area (TPSA) is 158 Å². The summed E-state index contributed by atoms with van der Waals surface area (Å²) < 4.78 is 60.6. The number of amides is 1. The molecule has 12 nitrogen and oxygen atoms in total. The molecule has 3 aromatic carbocycles. The van der Waals surface area contributed by atoms with Crippen molar-refractivity contribution in [1.82, 2.24) is 14.5 Å². The highest BCUT2D eigenvalue weighted by molar-refractivity contribution is 7.89. The SMILES string of the molecule is Cc1c(C(=O)O)nn(-c2ccc(F)cc2)c1Oc1ccc(NC(=O)c2ccc3c(c2)OCO3)cc1S(=O)(=O)NC(C)C. The molecule has 1 amide bonds. The molecule has 5 rings (SSSR count). The molecular weight excluding hydrogens is 571 g/mol. The maximum absolute atomic E-state index is 13.6. The van der Waals surface area contributed by atoms with E-state index in [2.05, 4.69) is 15.1 Å². The number of carboxylic acid groups (broad SMARTS) is 1. The summed E-state index contributed by atoms with van der Waals surface area (Å²) in [4.78, 5) is 24.5. The highest BCUT2D eigenvalue weighted by Crippen LogP contribution is 2.36. The van der Waals surface area contributed by atoms with Crippen LogP contribution in [-0.4, -0.2) is 48.0 Å². The third-order valence-corrected chi connectivity index (χ3v) is 7.75. The molecule has 0 spiro atoms. The molecule has 0 aliphatic carbocycles. The molecule has 1 aromatic heterocycles. The Bertz CT molecular complexity index is 1800. The van der Waals surface area contributed by atoms with Crippen LogP contribution in [0.2, 0.25) is 0 Å². The zero-order chi connectivity index (χ0) is 30.2. The lowest BCUT2D eigenvalue weighted by molar-refractivity contribution is 0.0689. The van der Waals surface area contributed by atoms with E-state index >= 15 is 0 Å². The van der Waals surface area contributed by atoms with Crippen LogP contribution in [0.25, 0.3) is 5.69 Å². The van der Waals surface area contributed by atoms with E-state index in [0.29, 0.717) is 11.5 Å². The smallest absolute Gasteiger partial charge is 0.356 e. The van der Waals surface area contributed by atoms with E-state index in [0.717, 1.165) is 16.8 Å². The maximum atomic E-state index is 13.6. The van der Waals surface area contributed by atoms with E-state index in [1.807, 2.05) is 0 Å². The molecule has 0 fully saturated rings. The fourth-order valence-electron chi connectivity index (χ4n) is 4.16. The van der Waals surface area contributed by atoms with Gasteiger partial charge in [0, 0.05) is 22.9 Å². The molecule has 0 atom stereocenters. The van der Waals surface area contributed by atoms with Gasteiger partial charge in [-0.3, -0.25) is 4.79 Å². The van der Waals surface area contributed by atoms with Crippen molar-refractivity contribution in [2.24, 2.45) is 0 Å². The van der Waals surface area contributed by atoms with Crippen molar-refractivity contribution >= 4 is 27.6 Å². The lowest BCUT2D eigenvalue weighted by Gasteiger charge is -2.17. The molecule has 0 unspecified atom stereocenters. The molecule has 218 valence electrons. The number of nitrogens with one attached hydrogen (secondary N) is 2. The predicted octanol–water partition coefficient (Wildman–Crippen LogP) is 4.48. The second kappa shape index (κ2) is 11.1. The Labute approximate surface area is 239 Å². The number of hydrogen-bond donors (Lipinski definition) is 3. The van der Waals surface area contributed by atoms with Gasteiger partial charge in [0.15, 0.2) is 17.2 Å². The minimum atomic E-state index is -4.21. The van der Waals surface area contributed by atoms with Crippen LogP contribution < -0.4 is 24.2 Å². The molecule has 4 aromatic rings. The number of fused-ring (bicyclic) bond motifs is 1. The Hall–Kier alpha value is -4.95. The van der Waals surface area contributed by atoms with Gasteiger partial charge in [0.05, 0.1) is 5.69 Å². The monoisotopic (exact) mass is 596 g/mol. The molecule has 1 aliphatic rings. The number of hydrogen-bond acceptors (Lipinski definition) is 8. The van der Waals surface area contributed by atoms with Crippen LogP contribution in [0.1, 0.15) is 40.3 Å². The molecule has 1 aliphatic heterocycles. The van der Waals surface area contributed by atoms with E-state index in [-0.39, 0.29) is 51.5 Å². The highest BCUT2D eigenvalue weighted by Gasteiger charge is 2.27. The number of halogens is 1. The lowest BCUT2D eigenvalue weighted by atomic mass is 10.2. The highest BCUT2D eigenvalue weighted by atomic mass is 32.2. The summed E-state index contributed by atoms with van der Waals surface area (Å²) in [6, 6.07) is 13.2. The van der Waals surface area contributed by atoms with Crippen LogP contribution in [0.15, 0.2) is 65.6 Å². The van der Waals surface area contributed by atoms with E-state index in [9.17, 15) is 27.5 Å². The normalized spacial score (nSPS) is 12.4. The van der Waals surface area contributed by atoms with Crippen LogP contribution >= 0.6 is 0 Å². The number of aromatic carboxylic acids is 1. The Morgan fingerprint density at radius 2 is 1.76 bits per heavy atom. The zero-order valence-electron chi connectivity index (χ0n) is 22.5. The number of benzene rings is 3. The molecule has 14 heteroatoms. The second-order valence-electron chi connectivity index (χ2n) is 9.53. The largest absolute Gasteiger partial charge is 0.476 e. The van der Waals surface area contributed by atoms with Crippen molar-refractivity contribution in [1.29, 1.82) is 0 Å². The zero-order valence-corrected chi connectivity index (χ0v) is 23.4. The summed E-state index contributed by atoms with van der Waals surface area (Å²) in [5, 5.41) is 16.4. The maximum Gasteiger partial charge on any atom is 0.356 e. The van der Waals surface area contributed by atoms with Crippen LogP contribution in [0, 0.1) is 12.7 Å². The van der Waals surface area contributed by atoms with Crippen molar-refractivity contribution in [2.45, 2.75) is 31.7 Å². The van der Waals surface area contributed by atoms with Crippen molar-refractivity contribution in [3.63, 3.8) is 0 Å². The summed E-state index contributed by atoms with van der Waals surface area (Å²) >= 11 is 0. The van der Waals surface area contributed by atoms with Gasteiger partial charge >= 0.3 is 5.97 Å². The number of nitrogens with zero attached hydrogens (tertiary/aromatic N) is 2. The molecule has 3 N–H and O–H groups in total. The first-order valence-corrected chi connectivity index (χ1v) is 14.1. The van der Waals surface area contributed by atoms with Gasteiger partial charge in [-0.15, -0.1) is 0 Å². The van der Waals surface area contributed by atoms with Gasteiger partial charge in [0.2, 0.25) is 22.7 Å². The summed E-state index contributed by atoms with van der Waals surface area (Å²) in [6.45, 7) is 4.76. The van der Waals surface area contributed by atoms with Crippen molar-refractivity contribution < 1.29 is 41.7 Å². The average Bonchev–Trinajstić information content (AvgIpc) is 3.53. The first-order valence-electron chi connectivity index (χ1n) is 12.6. The number of sulfonamides is 1. The third-order valence-electron chi connectivity index (χ3n) is 6.07. The van der Waals surface area contributed by atoms with E-state index in [1.165, 1.54) is 49.4 Å². The fraction of sp³-hybridized carbons (Fsp3) is 0.179. The fourth-order valence-corrected chi connectivity index (χ4v) is 5.56. The van der Waals surface area contributed by atoms with E-state index in [4.69, 9.17) is 14.2 Å². The molecule has 2 heterocycles. The second-order valence-corrected chi connectivity index (χ2v) is 11.2. The predicted molar refractivity (Wildman–Crippen MR) is 148 cm³/mol. The molecular formula is C28H25FN4O8S.